The largest absolute Gasteiger partial charge is 0.490 e. The molecule has 3 N–H and O–H groups in total. The van der Waals surface area contributed by atoms with Gasteiger partial charge in [-0.25, -0.2) is 9.59 Å². The number of amides is 2. The Morgan fingerprint density at radius 1 is 0.850 bits per heavy atom. The number of halogens is 4. The summed E-state index contributed by atoms with van der Waals surface area (Å²) in [7, 11) is 0. The van der Waals surface area contributed by atoms with E-state index in [9.17, 15) is 32.7 Å². The first-order chi connectivity index (χ1) is 18.8. The van der Waals surface area contributed by atoms with Gasteiger partial charge in [0.15, 0.2) is 0 Å². The Morgan fingerprint density at radius 2 is 1.40 bits per heavy atom. The molecule has 2 amide bonds. The summed E-state index contributed by atoms with van der Waals surface area (Å²) in [6.07, 6.45) is -2.92. The molecule has 10 nitrogen and oxygen atoms in total. The summed E-state index contributed by atoms with van der Waals surface area (Å²) in [5.74, 6) is -3.98. The van der Waals surface area contributed by atoms with E-state index in [0.717, 1.165) is 31.6 Å². The van der Waals surface area contributed by atoms with Crippen molar-refractivity contribution in [2.75, 3.05) is 56.0 Å². The quantitative estimate of drug-likeness (QED) is 0.469. The van der Waals surface area contributed by atoms with Crippen LogP contribution in [0.3, 0.4) is 0 Å². The lowest BCUT2D eigenvalue weighted by molar-refractivity contribution is -0.192. The van der Waals surface area contributed by atoms with Crippen LogP contribution in [0.25, 0.3) is 0 Å². The van der Waals surface area contributed by atoms with Crippen LogP contribution in [0.4, 0.5) is 24.5 Å². The number of likely N-dealkylation sites (tertiary alicyclic amines) is 1. The number of nitrogens with one attached hydrogen (secondary N) is 1. The molecule has 4 rings (SSSR count). The first-order valence-electron chi connectivity index (χ1n) is 12.3. The van der Waals surface area contributed by atoms with Gasteiger partial charge in [-0.15, -0.1) is 0 Å². The molecule has 0 radical (unpaired) electrons. The molecule has 2 saturated heterocycles. The van der Waals surface area contributed by atoms with E-state index >= 15 is 0 Å². The van der Waals surface area contributed by atoms with Gasteiger partial charge in [-0.2, -0.15) is 13.2 Å². The molecule has 0 saturated carbocycles. The average Bonchev–Trinajstić information content (AvgIpc) is 3.45. The van der Waals surface area contributed by atoms with Crippen LogP contribution in [0.2, 0.25) is 5.02 Å². The topological polar surface area (TPSA) is 130 Å². The number of aromatic carboxylic acids is 1. The SMILES string of the molecule is O=C(O)C(F)(F)F.O=C(O)c1ccc(N2CCN(CC(=O)N3CCCC3)CC2)c(NC(=O)c2ccc(Cl)cc2)c1. The molecule has 216 valence electrons. The van der Waals surface area contributed by atoms with Crippen molar-refractivity contribution in [3.8, 4) is 0 Å². The number of carbonyl (C=O) groups is 4. The minimum absolute atomic E-state index is 0.0972. The molecule has 2 aromatic carbocycles. The Kier molecular flexibility index (Phi) is 10.3. The number of carboxylic acids is 2. The number of hydrogen-bond acceptors (Lipinski definition) is 6. The Morgan fingerprint density at radius 3 is 1.93 bits per heavy atom. The predicted molar refractivity (Wildman–Crippen MR) is 141 cm³/mol. The Balaban J connectivity index is 0.000000559. The fourth-order valence-electron chi connectivity index (χ4n) is 4.25. The minimum Gasteiger partial charge on any atom is -0.478 e. The maximum Gasteiger partial charge on any atom is 0.490 e. The highest BCUT2D eigenvalue weighted by molar-refractivity contribution is 6.30. The van der Waals surface area contributed by atoms with E-state index in [2.05, 4.69) is 15.1 Å². The van der Waals surface area contributed by atoms with Gasteiger partial charge in [0.2, 0.25) is 5.91 Å². The molecule has 40 heavy (non-hydrogen) atoms. The van der Waals surface area contributed by atoms with Crippen molar-refractivity contribution in [1.82, 2.24) is 9.80 Å². The van der Waals surface area contributed by atoms with Crippen LogP contribution < -0.4 is 10.2 Å². The number of aliphatic carboxylic acids is 1. The molecule has 0 atom stereocenters. The fourth-order valence-corrected chi connectivity index (χ4v) is 4.37. The third-order valence-corrected chi connectivity index (χ3v) is 6.62. The lowest BCUT2D eigenvalue weighted by atomic mass is 10.1. The molecule has 0 spiro atoms. The van der Waals surface area contributed by atoms with E-state index in [-0.39, 0.29) is 17.4 Å². The summed E-state index contributed by atoms with van der Waals surface area (Å²) in [6, 6.07) is 11.3. The lowest BCUT2D eigenvalue weighted by Crippen LogP contribution is -2.50. The molecule has 2 aromatic rings. The maximum absolute atomic E-state index is 12.8. The van der Waals surface area contributed by atoms with Crippen molar-refractivity contribution >= 4 is 46.7 Å². The van der Waals surface area contributed by atoms with Crippen LogP contribution in [0.5, 0.6) is 0 Å². The number of carbonyl (C=O) groups excluding carboxylic acids is 2. The monoisotopic (exact) mass is 584 g/mol. The predicted octanol–water partition coefficient (Wildman–Crippen LogP) is 3.67. The standard InChI is InChI=1S/C24H27ClN4O4.C2HF3O2/c25-19-6-3-17(4-7-19)23(31)26-20-15-18(24(32)33)5-8-21(20)28-13-11-27(12-14-28)16-22(30)29-9-1-2-10-29;3-2(4,5)1(6)7/h3-8,15H,1-2,9-14,16H2,(H,26,31)(H,32,33);(H,6,7). The molecule has 14 heteroatoms. The maximum atomic E-state index is 12.8. The number of anilines is 2. The number of rotatable bonds is 6. The van der Waals surface area contributed by atoms with Gasteiger partial charge >= 0.3 is 18.1 Å². The zero-order valence-corrected chi connectivity index (χ0v) is 22.0. The molecule has 2 fully saturated rings. The van der Waals surface area contributed by atoms with Gasteiger partial charge in [-0.1, -0.05) is 11.6 Å². The van der Waals surface area contributed by atoms with Crippen LogP contribution in [-0.2, 0) is 9.59 Å². The van der Waals surface area contributed by atoms with Crippen molar-refractivity contribution in [1.29, 1.82) is 0 Å². The van der Waals surface area contributed by atoms with Crippen LogP contribution >= 0.6 is 11.6 Å². The molecule has 2 aliphatic heterocycles. The highest BCUT2D eigenvalue weighted by atomic mass is 35.5. The molecule has 0 unspecified atom stereocenters. The number of hydrogen-bond donors (Lipinski definition) is 3. The van der Waals surface area contributed by atoms with E-state index < -0.39 is 18.1 Å². The molecular weight excluding hydrogens is 557 g/mol. The smallest absolute Gasteiger partial charge is 0.478 e. The molecule has 0 aliphatic carbocycles. The van der Waals surface area contributed by atoms with Crippen molar-refractivity contribution in [2.24, 2.45) is 0 Å². The third-order valence-electron chi connectivity index (χ3n) is 6.37. The van der Waals surface area contributed by atoms with E-state index in [4.69, 9.17) is 21.5 Å². The molecule has 0 aromatic heterocycles. The second-order valence-electron chi connectivity index (χ2n) is 9.15. The first kappa shape index (κ1) is 30.7. The number of carboxylic acid groups (broad SMARTS) is 2. The average molecular weight is 585 g/mol. The van der Waals surface area contributed by atoms with E-state index in [1.54, 1.807) is 36.4 Å². The van der Waals surface area contributed by atoms with Gasteiger partial charge in [0.25, 0.3) is 5.91 Å². The van der Waals surface area contributed by atoms with Crippen molar-refractivity contribution in [3.63, 3.8) is 0 Å². The number of benzene rings is 2. The minimum atomic E-state index is -5.08. The van der Waals surface area contributed by atoms with Gasteiger partial charge in [0, 0.05) is 49.9 Å². The summed E-state index contributed by atoms with van der Waals surface area (Å²) in [5, 5.41) is 19.9. The van der Waals surface area contributed by atoms with Crippen molar-refractivity contribution < 1.29 is 42.6 Å². The summed E-state index contributed by atoms with van der Waals surface area (Å²) >= 11 is 5.91. The molecule has 2 heterocycles. The third kappa shape index (κ3) is 8.58. The highest BCUT2D eigenvalue weighted by Gasteiger charge is 2.38. The fraction of sp³-hybridized carbons (Fsp3) is 0.385. The summed E-state index contributed by atoms with van der Waals surface area (Å²) in [5.41, 5.74) is 1.72. The highest BCUT2D eigenvalue weighted by Crippen LogP contribution is 2.29. The molecule has 0 bridgehead atoms. The Bertz CT molecular complexity index is 1230. The van der Waals surface area contributed by atoms with Crippen LogP contribution in [0, 0.1) is 0 Å². The van der Waals surface area contributed by atoms with E-state index in [1.807, 2.05) is 4.90 Å². The van der Waals surface area contributed by atoms with Crippen LogP contribution in [-0.4, -0.2) is 95.8 Å². The Hall–Kier alpha value is -3.84. The van der Waals surface area contributed by atoms with Gasteiger partial charge < -0.3 is 25.3 Å². The van der Waals surface area contributed by atoms with Gasteiger partial charge in [-0.05, 0) is 55.3 Å². The first-order valence-corrected chi connectivity index (χ1v) is 12.7. The van der Waals surface area contributed by atoms with Crippen LogP contribution in [0.1, 0.15) is 33.6 Å². The summed E-state index contributed by atoms with van der Waals surface area (Å²) < 4.78 is 31.7. The van der Waals surface area contributed by atoms with Gasteiger partial charge in [-0.3, -0.25) is 14.5 Å². The summed E-state index contributed by atoms with van der Waals surface area (Å²) in [4.78, 5) is 51.8. The normalized spacial score (nSPS) is 15.7. The van der Waals surface area contributed by atoms with Crippen molar-refractivity contribution in [2.45, 2.75) is 19.0 Å². The molecule has 2 aliphatic rings. The number of nitrogens with zero attached hydrogens (tertiary/aromatic N) is 3. The number of alkyl halides is 3. The molecular formula is C26H28ClF3N4O6. The van der Waals surface area contributed by atoms with E-state index in [1.165, 1.54) is 6.07 Å². The number of piperazine rings is 1. The van der Waals surface area contributed by atoms with Crippen molar-refractivity contribution in [3.05, 3.63) is 58.6 Å². The van der Waals surface area contributed by atoms with Gasteiger partial charge in [0.05, 0.1) is 23.5 Å². The van der Waals surface area contributed by atoms with E-state index in [0.29, 0.717) is 49.0 Å². The zero-order chi connectivity index (χ0) is 29.4. The summed E-state index contributed by atoms with van der Waals surface area (Å²) in [6.45, 7) is 4.89. The van der Waals surface area contributed by atoms with Gasteiger partial charge in [0.1, 0.15) is 0 Å². The second-order valence-corrected chi connectivity index (χ2v) is 9.59. The zero-order valence-electron chi connectivity index (χ0n) is 21.3. The van der Waals surface area contributed by atoms with Crippen LogP contribution in [0.15, 0.2) is 42.5 Å². The second kappa shape index (κ2) is 13.5. The Labute approximate surface area is 232 Å². The lowest BCUT2D eigenvalue weighted by Gasteiger charge is -2.37.